The van der Waals surface area contributed by atoms with Crippen LogP contribution in [0.2, 0.25) is 0 Å². The van der Waals surface area contributed by atoms with Crippen molar-refractivity contribution in [2.45, 2.75) is 0 Å². The molecule has 0 bridgehead atoms. The fraction of sp³-hybridized carbons (Fsp3) is 0.0400. The summed E-state index contributed by atoms with van der Waals surface area (Å²) in [5.41, 5.74) is 2.63. The Bertz CT molecular complexity index is 937. The van der Waals surface area contributed by atoms with Gasteiger partial charge in [-0.05, 0) is 0 Å². The van der Waals surface area contributed by atoms with Gasteiger partial charge in [-0.1, -0.05) is 0 Å². The SMILES string of the molecule is C[PH](c1ccccc1)(c1ccccc1)c1ccccc1-c1ccccc1. The van der Waals surface area contributed by atoms with Crippen molar-refractivity contribution in [3.63, 3.8) is 0 Å². The van der Waals surface area contributed by atoms with Gasteiger partial charge in [0.05, 0.1) is 0 Å². The Morgan fingerprint density at radius 1 is 0.462 bits per heavy atom. The van der Waals surface area contributed by atoms with Crippen molar-refractivity contribution in [2.24, 2.45) is 0 Å². The molecule has 0 radical (unpaired) electrons. The third-order valence-electron chi connectivity index (χ3n) is 5.25. The first-order chi connectivity index (χ1) is 12.8. The number of hydrogen-bond acceptors (Lipinski definition) is 0. The maximum atomic E-state index is 2.47. The molecule has 0 heterocycles. The van der Waals surface area contributed by atoms with Gasteiger partial charge in [-0.2, -0.15) is 0 Å². The molecule has 0 N–H and O–H groups in total. The predicted octanol–water partition coefficient (Wildman–Crippen LogP) is 5.01. The topological polar surface area (TPSA) is 0 Å². The first kappa shape index (κ1) is 16.8. The molecule has 1 heteroatoms. The Balaban J connectivity index is 2.01. The van der Waals surface area contributed by atoms with Crippen LogP contribution < -0.4 is 15.9 Å². The zero-order valence-electron chi connectivity index (χ0n) is 15.0. The molecule has 0 fully saturated rings. The summed E-state index contributed by atoms with van der Waals surface area (Å²) in [5.74, 6) is 0. The van der Waals surface area contributed by atoms with Crippen LogP contribution in [0.4, 0.5) is 0 Å². The average Bonchev–Trinajstić information content (AvgIpc) is 2.75. The van der Waals surface area contributed by atoms with Gasteiger partial charge in [-0.3, -0.25) is 0 Å². The molecule has 0 aliphatic rings. The Morgan fingerprint density at radius 2 is 0.885 bits per heavy atom. The van der Waals surface area contributed by atoms with Crippen LogP contribution in [0.15, 0.2) is 115 Å². The molecule has 0 aliphatic carbocycles. The standard InChI is InChI=1S/C25H23P/c1-26(22-15-7-3-8-16-22,23-17-9-4-10-18-23)25-20-12-11-19-24(25)21-13-5-2-6-14-21/h2-20,26H,1H3. The van der Waals surface area contributed by atoms with E-state index in [9.17, 15) is 0 Å². The Morgan fingerprint density at radius 3 is 1.42 bits per heavy atom. The summed E-state index contributed by atoms with van der Waals surface area (Å²) in [6.07, 6.45) is 0. The Kier molecular flexibility index (Phi) is 4.69. The van der Waals surface area contributed by atoms with E-state index in [1.54, 1.807) is 0 Å². The molecular weight excluding hydrogens is 331 g/mol. The van der Waals surface area contributed by atoms with Crippen molar-refractivity contribution in [1.29, 1.82) is 0 Å². The molecule has 26 heavy (non-hydrogen) atoms. The monoisotopic (exact) mass is 354 g/mol. The summed E-state index contributed by atoms with van der Waals surface area (Å²) in [4.78, 5) is 0. The number of rotatable bonds is 4. The van der Waals surface area contributed by atoms with E-state index in [1.807, 2.05) is 0 Å². The molecule has 0 atom stereocenters. The molecule has 4 aromatic carbocycles. The summed E-state index contributed by atoms with van der Waals surface area (Å²) in [6, 6.07) is 41.7. The van der Waals surface area contributed by atoms with Crippen LogP contribution >= 0.6 is 7.26 Å². The summed E-state index contributed by atoms with van der Waals surface area (Å²) in [5, 5.41) is 4.34. The van der Waals surface area contributed by atoms with Gasteiger partial charge in [0.15, 0.2) is 0 Å². The minimum absolute atomic E-state index is 1.29. The van der Waals surface area contributed by atoms with E-state index in [1.165, 1.54) is 27.0 Å². The molecule has 0 saturated heterocycles. The van der Waals surface area contributed by atoms with E-state index in [0.29, 0.717) is 0 Å². The third-order valence-corrected chi connectivity index (χ3v) is 9.74. The quantitative estimate of drug-likeness (QED) is 0.452. The van der Waals surface area contributed by atoms with Gasteiger partial charge in [-0.15, -0.1) is 0 Å². The molecule has 4 rings (SSSR count). The van der Waals surface area contributed by atoms with Crippen LogP contribution in [-0.2, 0) is 0 Å². The maximum absolute atomic E-state index is 2.47. The van der Waals surface area contributed by atoms with E-state index in [0.717, 1.165) is 0 Å². The second-order valence-corrected chi connectivity index (χ2v) is 10.7. The molecule has 0 unspecified atom stereocenters. The Hall–Kier alpha value is -2.69. The fourth-order valence-electron chi connectivity index (χ4n) is 3.81. The van der Waals surface area contributed by atoms with Crippen LogP contribution in [0.3, 0.4) is 0 Å². The molecule has 128 valence electrons. The van der Waals surface area contributed by atoms with Crippen molar-refractivity contribution in [3.05, 3.63) is 115 Å². The van der Waals surface area contributed by atoms with Gasteiger partial charge in [0, 0.05) is 0 Å². The summed E-state index contributed by atoms with van der Waals surface area (Å²) >= 11 is 0. The second kappa shape index (κ2) is 7.28. The van der Waals surface area contributed by atoms with Crippen molar-refractivity contribution in [1.82, 2.24) is 0 Å². The van der Waals surface area contributed by atoms with E-state index >= 15 is 0 Å². The number of hydrogen-bond donors (Lipinski definition) is 0. The van der Waals surface area contributed by atoms with E-state index < -0.39 is 7.26 Å². The van der Waals surface area contributed by atoms with Crippen LogP contribution in [0.1, 0.15) is 0 Å². The van der Waals surface area contributed by atoms with Crippen LogP contribution in [-0.4, -0.2) is 6.66 Å². The molecule has 4 aromatic rings. The van der Waals surface area contributed by atoms with E-state index in [-0.39, 0.29) is 0 Å². The zero-order valence-corrected chi connectivity index (χ0v) is 16.0. The number of benzene rings is 4. The predicted molar refractivity (Wildman–Crippen MR) is 118 cm³/mol. The van der Waals surface area contributed by atoms with E-state index in [2.05, 4.69) is 122 Å². The van der Waals surface area contributed by atoms with Crippen molar-refractivity contribution in [2.75, 3.05) is 6.66 Å². The molecule has 0 aliphatic heterocycles. The average molecular weight is 354 g/mol. The van der Waals surface area contributed by atoms with Crippen LogP contribution in [0.25, 0.3) is 11.1 Å². The minimum atomic E-state index is -2.11. The van der Waals surface area contributed by atoms with Crippen molar-refractivity contribution < 1.29 is 0 Å². The first-order valence-corrected chi connectivity index (χ1v) is 11.6. The van der Waals surface area contributed by atoms with Crippen LogP contribution in [0.5, 0.6) is 0 Å². The third kappa shape index (κ3) is 2.98. The fourth-order valence-corrected chi connectivity index (χ4v) is 7.68. The second-order valence-electron chi connectivity index (χ2n) is 6.77. The van der Waals surface area contributed by atoms with Gasteiger partial charge < -0.3 is 0 Å². The molecule has 0 aromatic heterocycles. The molecule has 0 spiro atoms. The van der Waals surface area contributed by atoms with Gasteiger partial charge in [0.25, 0.3) is 0 Å². The molecule has 0 amide bonds. The van der Waals surface area contributed by atoms with E-state index in [4.69, 9.17) is 0 Å². The summed E-state index contributed by atoms with van der Waals surface area (Å²) < 4.78 is 0. The molecule has 0 nitrogen and oxygen atoms in total. The van der Waals surface area contributed by atoms with Gasteiger partial charge >= 0.3 is 156 Å². The summed E-state index contributed by atoms with van der Waals surface area (Å²) in [7, 11) is -2.11. The zero-order chi connectivity index (χ0) is 17.8. The molecule has 0 saturated carbocycles. The molecular formula is C25H23P. The normalized spacial score (nSPS) is 11.9. The summed E-state index contributed by atoms with van der Waals surface area (Å²) in [6.45, 7) is 2.47. The van der Waals surface area contributed by atoms with Crippen molar-refractivity contribution in [3.8, 4) is 11.1 Å². The first-order valence-electron chi connectivity index (χ1n) is 9.06. The van der Waals surface area contributed by atoms with Crippen LogP contribution in [0, 0.1) is 0 Å². The van der Waals surface area contributed by atoms with Crippen molar-refractivity contribution >= 4 is 23.2 Å². The van der Waals surface area contributed by atoms with Gasteiger partial charge in [0.1, 0.15) is 0 Å². The van der Waals surface area contributed by atoms with Gasteiger partial charge in [-0.25, -0.2) is 0 Å². The Labute approximate surface area is 156 Å². The van der Waals surface area contributed by atoms with Gasteiger partial charge in [0.2, 0.25) is 0 Å².